The largest absolute Gasteiger partial charge is 0.673 e. The monoisotopic (exact) mass is 761 g/mol. The van der Waals surface area contributed by atoms with E-state index in [9.17, 15) is 17.3 Å². The first-order valence-electron chi connectivity index (χ1n) is 13.6. The molecule has 5 rings (SSSR count). The predicted octanol–water partition coefficient (Wildman–Crippen LogP) is 7.92. The van der Waals surface area contributed by atoms with Crippen LogP contribution in [0.3, 0.4) is 0 Å². The Balaban J connectivity index is 0.000000349. The molecule has 2 aliphatic rings. The van der Waals surface area contributed by atoms with Crippen molar-refractivity contribution >= 4 is 37.0 Å². The van der Waals surface area contributed by atoms with Gasteiger partial charge in [0.05, 0.1) is 6.04 Å². The van der Waals surface area contributed by atoms with Gasteiger partial charge in [0.25, 0.3) is 0 Å². The normalized spacial score (nSPS) is 17.0. The summed E-state index contributed by atoms with van der Waals surface area (Å²) in [5.74, 6) is 1.28. The van der Waals surface area contributed by atoms with Gasteiger partial charge in [-0.1, -0.05) is 92.7 Å². The molecule has 0 bridgehead atoms. The Kier molecular flexibility index (Phi) is 15.9. The maximum absolute atomic E-state index is 9.75. The minimum absolute atomic E-state index is 0. The molecule has 41 heavy (non-hydrogen) atoms. The smallest absolute Gasteiger partial charge is 0.475 e. The minimum atomic E-state index is -6.00. The van der Waals surface area contributed by atoms with Gasteiger partial charge >= 0.3 is 7.25 Å². The van der Waals surface area contributed by atoms with E-state index in [1.165, 1.54) is 41.6 Å². The van der Waals surface area contributed by atoms with E-state index < -0.39 is 15.2 Å². The Morgan fingerprint density at radius 1 is 0.707 bits per heavy atom. The van der Waals surface area contributed by atoms with Gasteiger partial charge in [0.1, 0.15) is 6.61 Å². The van der Waals surface area contributed by atoms with Crippen LogP contribution in [-0.4, -0.2) is 25.8 Å². The standard InChI is InChI=1S/C24H24NOP.C8H12.BF4.Ir/c1-18(2)22-17-26-24(25-22)21-15-9-10-16-23(21)27(19-11-5-3-6-12-19)20-13-7-4-8-14-20;1-2-4-6-8-7-5-3-1;2-1(3,4)5;/h3-16,18,22H,17H2,1-2H3;1-2,7-8H,3-6H2;;/q;;-1;/t22-;;;/m1.../s1. The molecule has 1 aliphatic carbocycles. The molecule has 9 heteroatoms. The second-order valence-electron chi connectivity index (χ2n) is 9.67. The number of hydrogen-bond acceptors (Lipinski definition) is 2. The van der Waals surface area contributed by atoms with E-state index in [-0.39, 0.29) is 26.1 Å². The molecule has 0 saturated heterocycles. The number of benzene rings is 3. The number of ether oxygens (including phenoxy) is 1. The summed E-state index contributed by atoms with van der Waals surface area (Å²) < 4.78 is 45.0. The molecule has 2 nitrogen and oxygen atoms in total. The molecule has 1 heterocycles. The van der Waals surface area contributed by atoms with Crippen molar-refractivity contribution in [2.45, 2.75) is 45.6 Å². The maximum Gasteiger partial charge on any atom is 0.673 e. The fourth-order valence-corrected chi connectivity index (χ4v) is 6.61. The third-order valence-electron chi connectivity index (χ3n) is 6.18. The Bertz CT molecular complexity index is 1100. The first-order valence-corrected chi connectivity index (χ1v) is 15.0. The molecule has 0 unspecified atom stereocenters. The van der Waals surface area contributed by atoms with Crippen LogP contribution in [0.4, 0.5) is 17.3 Å². The van der Waals surface area contributed by atoms with Gasteiger partial charge in [0, 0.05) is 25.7 Å². The molecule has 3 aromatic carbocycles. The molecule has 0 amide bonds. The van der Waals surface area contributed by atoms with Crippen molar-refractivity contribution < 1.29 is 42.1 Å². The van der Waals surface area contributed by atoms with E-state index in [0.717, 1.165) is 11.5 Å². The topological polar surface area (TPSA) is 21.6 Å². The van der Waals surface area contributed by atoms with E-state index in [0.29, 0.717) is 12.5 Å². The predicted molar refractivity (Wildman–Crippen MR) is 162 cm³/mol. The molecular formula is C32H36BF4IrNOP-. The summed E-state index contributed by atoms with van der Waals surface area (Å²) in [6.07, 6.45) is 14.0. The molecule has 0 aromatic heterocycles. The molecule has 1 atom stereocenters. The zero-order valence-corrected chi connectivity index (χ0v) is 26.6. The summed E-state index contributed by atoms with van der Waals surface area (Å²) >= 11 is 0. The van der Waals surface area contributed by atoms with Crippen LogP contribution in [0.5, 0.6) is 0 Å². The summed E-state index contributed by atoms with van der Waals surface area (Å²) in [5.41, 5.74) is 1.12. The zero-order chi connectivity index (χ0) is 28.8. The van der Waals surface area contributed by atoms with Gasteiger partial charge in [0.2, 0.25) is 5.90 Å². The third-order valence-corrected chi connectivity index (χ3v) is 8.68. The van der Waals surface area contributed by atoms with Gasteiger partial charge < -0.3 is 22.0 Å². The average Bonchev–Trinajstić information content (AvgIpc) is 3.40. The summed E-state index contributed by atoms with van der Waals surface area (Å²) in [6.45, 7) is 5.08. The van der Waals surface area contributed by atoms with Gasteiger partial charge in [-0.3, -0.25) is 0 Å². The van der Waals surface area contributed by atoms with Crippen molar-refractivity contribution in [3.63, 3.8) is 0 Å². The fraction of sp³-hybridized carbons (Fsp3) is 0.281. The number of aliphatic imine (C=N–C) groups is 1. The molecule has 221 valence electrons. The van der Waals surface area contributed by atoms with E-state index in [4.69, 9.17) is 9.73 Å². The quantitative estimate of drug-likeness (QED) is 0.147. The van der Waals surface area contributed by atoms with Gasteiger partial charge in [0.15, 0.2) is 0 Å². The van der Waals surface area contributed by atoms with E-state index in [2.05, 4.69) is 124 Å². The van der Waals surface area contributed by atoms with Crippen LogP contribution in [0.15, 0.2) is 89.9 Å². The van der Waals surface area contributed by atoms with Gasteiger partial charge in [-0.15, -0.1) is 0 Å². The SMILES string of the molecule is CC(C)[C@H]1COC(c2ccccc2P(c2ccccc2)c2ccccc2)=N1.F[B-](F)(F)F.[CH]1[CH]CC[CH][CH]CC1.[Ir]. The average molecular weight is 761 g/mol. The Hall–Kier alpha value is -2.01. The van der Waals surface area contributed by atoms with Gasteiger partial charge in [-0.05, 0) is 87.2 Å². The molecule has 1 fully saturated rings. The Labute approximate surface area is 257 Å². The van der Waals surface area contributed by atoms with Crippen molar-refractivity contribution in [1.82, 2.24) is 0 Å². The third kappa shape index (κ3) is 12.8. The van der Waals surface area contributed by atoms with E-state index >= 15 is 0 Å². The summed E-state index contributed by atoms with van der Waals surface area (Å²) in [6, 6.07) is 30.4. The van der Waals surface area contributed by atoms with Crippen LogP contribution in [0.2, 0.25) is 0 Å². The zero-order valence-electron chi connectivity index (χ0n) is 23.3. The van der Waals surface area contributed by atoms with Crippen molar-refractivity contribution in [1.29, 1.82) is 0 Å². The van der Waals surface area contributed by atoms with E-state index in [1.54, 1.807) is 0 Å². The number of hydrogen-bond donors (Lipinski definition) is 0. The maximum atomic E-state index is 9.75. The second kappa shape index (κ2) is 18.5. The summed E-state index contributed by atoms with van der Waals surface area (Å²) in [4.78, 5) is 4.89. The number of rotatable bonds is 5. The van der Waals surface area contributed by atoms with Crippen molar-refractivity contribution in [2.24, 2.45) is 10.9 Å². The molecule has 0 spiro atoms. The fourth-order valence-electron chi connectivity index (χ4n) is 4.17. The van der Waals surface area contributed by atoms with Crippen LogP contribution in [0, 0.1) is 31.6 Å². The van der Waals surface area contributed by atoms with Crippen molar-refractivity contribution in [3.05, 3.63) is 116 Å². The van der Waals surface area contributed by atoms with Crippen molar-refractivity contribution in [2.75, 3.05) is 6.61 Å². The van der Waals surface area contributed by atoms with E-state index in [1.807, 2.05) is 0 Å². The molecule has 3 aromatic rings. The summed E-state index contributed by atoms with van der Waals surface area (Å²) in [5, 5.41) is 3.98. The van der Waals surface area contributed by atoms with Crippen LogP contribution in [-0.2, 0) is 24.8 Å². The summed E-state index contributed by atoms with van der Waals surface area (Å²) in [7, 11) is -6.67. The Morgan fingerprint density at radius 3 is 1.54 bits per heavy atom. The second-order valence-corrected chi connectivity index (χ2v) is 11.9. The van der Waals surface area contributed by atoms with Crippen LogP contribution in [0.1, 0.15) is 45.1 Å². The van der Waals surface area contributed by atoms with Crippen molar-refractivity contribution in [3.8, 4) is 0 Å². The Morgan fingerprint density at radius 2 is 1.12 bits per heavy atom. The van der Waals surface area contributed by atoms with Crippen LogP contribution in [0.25, 0.3) is 0 Å². The number of halogens is 4. The molecule has 0 N–H and O–H groups in total. The van der Waals surface area contributed by atoms with Crippen LogP contribution < -0.4 is 15.9 Å². The molecule has 5 radical (unpaired) electrons. The minimum Gasteiger partial charge on any atom is -0.475 e. The molecule has 1 saturated carbocycles. The first kappa shape index (κ1) is 35.2. The van der Waals surface area contributed by atoms with Crippen LogP contribution >= 0.6 is 7.92 Å². The molecular weight excluding hydrogens is 724 g/mol. The first-order chi connectivity index (χ1) is 19.2. The number of nitrogens with zero attached hydrogens (tertiary/aromatic N) is 1. The van der Waals surface area contributed by atoms with Gasteiger partial charge in [-0.2, -0.15) is 0 Å². The van der Waals surface area contributed by atoms with Gasteiger partial charge in [-0.25, -0.2) is 4.99 Å². The molecule has 1 aliphatic heterocycles.